The van der Waals surface area contributed by atoms with Crippen LogP contribution >= 0.6 is 23.1 Å². The van der Waals surface area contributed by atoms with Crippen molar-refractivity contribution < 1.29 is 24.2 Å². The van der Waals surface area contributed by atoms with E-state index in [1.54, 1.807) is 6.07 Å². The van der Waals surface area contributed by atoms with Crippen molar-refractivity contribution in [2.75, 3.05) is 10.7 Å². The number of anilines is 1. The van der Waals surface area contributed by atoms with Crippen LogP contribution in [0.15, 0.2) is 89.6 Å². The van der Waals surface area contributed by atoms with E-state index < -0.39 is 29.4 Å². The number of thioether (sulfide) groups is 1. The molecule has 1 aromatic heterocycles. The summed E-state index contributed by atoms with van der Waals surface area (Å²) in [4.78, 5) is 41.9. The Morgan fingerprint density at radius 2 is 1.66 bits per heavy atom. The first-order valence-corrected chi connectivity index (χ1v) is 12.9. The average molecular weight is 507 g/mol. The Kier molecular flexibility index (Phi) is 6.36. The summed E-state index contributed by atoms with van der Waals surface area (Å²) in [6, 6.07) is 21.4. The lowest BCUT2D eigenvalue weighted by molar-refractivity contribution is -0.154. The average Bonchev–Trinajstić information content (AvgIpc) is 3.40. The quantitative estimate of drug-likeness (QED) is 0.392. The summed E-state index contributed by atoms with van der Waals surface area (Å²) in [6.45, 7) is 1.41. The number of aliphatic hydroxyl groups excluding tert-OH is 1. The number of nitrogens with zero attached hydrogens (tertiary/aromatic N) is 2. The number of hydrogen-bond donors (Lipinski definition) is 1. The predicted octanol–water partition coefficient (Wildman–Crippen LogP) is 4.49. The van der Waals surface area contributed by atoms with Crippen LogP contribution in [0, 0.1) is 0 Å². The molecule has 3 aromatic rings. The van der Waals surface area contributed by atoms with Crippen molar-refractivity contribution in [1.29, 1.82) is 0 Å². The van der Waals surface area contributed by atoms with Gasteiger partial charge in [-0.3, -0.25) is 19.4 Å². The Bertz CT molecular complexity index is 1240. The standard InChI is InChI=1S/C26H22N2O5S2/c1-16(29)27(20-13-8-14-34-20)22-24(31)28-21(19(30)15-35-25(22)28)26(32)33-23(17-9-4-2-5-10-17)18-11-6-3-7-12-18/h2-14,22-23,25,30H,15H2,1H3/t22-,25+/m1/s1. The van der Waals surface area contributed by atoms with Gasteiger partial charge in [-0.2, -0.15) is 0 Å². The molecule has 9 heteroatoms. The lowest BCUT2D eigenvalue weighted by Crippen LogP contribution is -2.71. The van der Waals surface area contributed by atoms with Gasteiger partial charge in [-0.25, -0.2) is 4.79 Å². The number of rotatable bonds is 6. The van der Waals surface area contributed by atoms with Crippen LogP contribution in [0.1, 0.15) is 24.2 Å². The van der Waals surface area contributed by atoms with E-state index in [0.29, 0.717) is 5.00 Å². The van der Waals surface area contributed by atoms with E-state index in [-0.39, 0.29) is 23.1 Å². The summed E-state index contributed by atoms with van der Waals surface area (Å²) in [5, 5.41) is 12.6. The van der Waals surface area contributed by atoms with Crippen molar-refractivity contribution >= 4 is 45.9 Å². The van der Waals surface area contributed by atoms with Crippen LogP contribution in [0.4, 0.5) is 5.00 Å². The molecular formula is C26H22N2O5S2. The van der Waals surface area contributed by atoms with Crippen LogP contribution in [-0.2, 0) is 19.1 Å². The topological polar surface area (TPSA) is 87.2 Å². The van der Waals surface area contributed by atoms with E-state index in [1.165, 1.54) is 39.8 Å². The lowest BCUT2D eigenvalue weighted by atomic mass is 10.0. The highest BCUT2D eigenvalue weighted by Gasteiger charge is 2.57. The molecule has 1 saturated heterocycles. The number of hydrogen-bond acceptors (Lipinski definition) is 7. The van der Waals surface area contributed by atoms with Gasteiger partial charge in [-0.1, -0.05) is 60.7 Å². The zero-order chi connectivity index (χ0) is 24.5. The minimum absolute atomic E-state index is 0.132. The second-order valence-corrected chi connectivity index (χ2v) is 10.1. The monoisotopic (exact) mass is 506 g/mol. The molecular weight excluding hydrogens is 484 g/mol. The first-order valence-electron chi connectivity index (χ1n) is 11.0. The molecule has 0 bridgehead atoms. The smallest absolute Gasteiger partial charge is 0.359 e. The number of benzene rings is 2. The number of ether oxygens (including phenoxy) is 1. The van der Waals surface area contributed by atoms with Crippen molar-refractivity contribution in [3.8, 4) is 0 Å². The number of thiophene rings is 1. The molecule has 5 rings (SSSR count). The SMILES string of the molecule is CC(=O)N(c1cccs1)[C@@H]1C(=O)N2C(C(=O)OC(c3ccccc3)c3ccccc3)=C(O)CS[C@@H]12. The molecule has 1 N–H and O–H groups in total. The summed E-state index contributed by atoms with van der Waals surface area (Å²) < 4.78 is 5.91. The molecule has 2 aliphatic heterocycles. The van der Waals surface area contributed by atoms with Gasteiger partial charge in [0, 0.05) is 6.92 Å². The highest BCUT2D eigenvalue weighted by molar-refractivity contribution is 8.00. The third kappa shape index (κ3) is 4.21. The van der Waals surface area contributed by atoms with Crippen molar-refractivity contribution in [1.82, 2.24) is 4.90 Å². The molecule has 2 aromatic carbocycles. The molecule has 0 aliphatic carbocycles. The highest BCUT2D eigenvalue weighted by atomic mass is 32.2. The zero-order valence-corrected chi connectivity index (χ0v) is 20.4. The predicted molar refractivity (Wildman–Crippen MR) is 135 cm³/mol. The first-order chi connectivity index (χ1) is 17.0. The van der Waals surface area contributed by atoms with Crippen molar-refractivity contribution in [2.45, 2.75) is 24.4 Å². The molecule has 0 spiro atoms. The van der Waals surface area contributed by atoms with E-state index in [2.05, 4.69) is 0 Å². The third-order valence-electron chi connectivity index (χ3n) is 5.90. The molecule has 178 valence electrons. The Labute approximate surface area is 210 Å². The van der Waals surface area contributed by atoms with Gasteiger partial charge in [-0.15, -0.1) is 23.1 Å². The largest absolute Gasteiger partial charge is 0.509 e. The Hall–Kier alpha value is -3.56. The fourth-order valence-electron chi connectivity index (χ4n) is 4.32. The number of esters is 1. The maximum Gasteiger partial charge on any atom is 0.359 e. The van der Waals surface area contributed by atoms with Gasteiger partial charge in [0.25, 0.3) is 5.91 Å². The van der Waals surface area contributed by atoms with Crippen molar-refractivity contribution in [2.24, 2.45) is 0 Å². The first kappa shape index (κ1) is 23.2. The van der Waals surface area contributed by atoms with Gasteiger partial charge in [-0.05, 0) is 28.6 Å². The maximum atomic E-state index is 13.4. The molecule has 3 heterocycles. The fourth-order valence-corrected chi connectivity index (χ4v) is 6.37. The van der Waals surface area contributed by atoms with E-state index in [4.69, 9.17) is 4.74 Å². The summed E-state index contributed by atoms with van der Waals surface area (Å²) in [7, 11) is 0. The van der Waals surface area contributed by atoms with Crippen LogP contribution in [0.5, 0.6) is 0 Å². The van der Waals surface area contributed by atoms with Gasteiger partial charge in [0.15, 0.2) is 11.8 Å². The normalized spacial score (nSPS) is 19.3. The van der Waals surface area contributed by atoms with Gasteiger partial charge in [0.1, 0.15) is 17.2 Å². The van der Waals surface area contributed by atoms with Gasteiger partial charge in [0.2, 0.25) is 5.91 Å². The molecule has 35 heavy (non-hydrogen) atoms. The lowest BCUT2D eigenvalue weighted by Gasteiger charge is -2.51. The van der Waals surface area contributed by atoms with Crippen molar-refractivity contribution in [3.63, 3.8) is 0 Å². The Morgan fingerprint density at radius 3 is 2.20 bits per heavy atom. The number of aliphatic hydroxyl groups is 1. The number of amides is 2. The molecule has 2 atom stereocenters. The summed E-state index contributed by atoms with van der Waals surface area (Å²) in [5.74, 6) is -1.56. The van der Waals surface area contributed by atoms with Gasteiger partial charge in [0.05, 0.1) is 10.8 Å². The minimum atomic E-state index is -0.789. The minimum Gasteiger partial charge on any atom is -0.509 e. The summed E-state index contributed by atoms with van der Waals surface area (Å²) in [5.41, 5.74) is 1.37. The number of fused-ring (bicyclic) bond motifs is 1. The van der Waals surface area contributed by atoms with Crippen LogP contribution < -0.4 is 4.90 Å². The molecule has 2 aliphatic rings. The number of carbonyl (C=O) groups is 3. The van der Waals surface area contributed by atoms with E-state index in [1.807, 2.05) is 72.1 Å². The second-order valence-electron chi connectivity index (χ2n) is 8.10. The second kappa shape index (κ2) is 9.59. The molecule has 1 fully saturated rings. The Morgan fingerprint density at radius 1 is 1.03 bits per heavy atom. The van der Waals surface area contributed by atoms with Crippen molar-refractivity contribution in [3.05, 3.63) is 101 Å². The van der Waals surface area contributed by atoms with Crippen LogP contribution in [-0.4, -0.2) is 45.0 Å². The van der Waals surface area contributed by atoms with Gasteiger partial charge >= 0.3 is 5.97 Å². The van der Waals surface area contributed by atoms with E-state index in [9.17, 15) is 19.5 Å². The van der Waals surface area contributed by atoms with E-state index >= 15 is 0 Å². The zero-order valence-electron chi connectivity index (χ0n) is 18.7. The van der Waals surface area contributed by atoms with Gasteiger partial charge < -0.3 is 9.84 Å². The number of β-lactam (4-membered cyclic amide) rings is 1. The van der Waals surface area contributed by atoms with E-state index in [0.717, 1.165) is 11.1 Å². The van der Waals surface area contributed by atoms with Crippen LogP contribution in [0.3, 0.4) is 0 Å². The molecule has 0 radical (unpaired) electrons. The summed E-state index contributed by atoms with van der Waals surface area (Å²) >= 11 is 2.67. The van der Waals surface area contributed by atoms with Crippen LogP contribution in [0.25, 0.3) is 0 Å². The fraction of sp³-hybridized carbons (Fsp3) is 0.192. The number of carbonyl (C=O) groups excluding carboxylic acids is 3. The molecule has 7 nitrogen and oxygen atoms in total. The third-order valence-corrected chi connectivity index (χ3v) is 8.02. The summed E-state index contributed by atoms with van der Waals surface area (Å²) in [6.07, 6.45) is -0.717. The Balaban J connectivity index is 1.43. The molecule has 2 amide bonds. The maximum absolute atomic E-state index is 13.4. The molecule has 0 unspecified atom stereocenters. The highest BCUT2D eigenvalue weighted by Crippen LogP contribution is 2.44. The van der Waals surface area contributed by atoms with Crippen LogP contribution in [0.2, 0.25) is 0 Å². The molecule has 0 saturated carbocycles.